The van der Waals surface area contributed by atoms with Crippen molar-refractivity contribution in [1.82, 2.24) is 14.8 Å². The van der Waals surface area contributed by atoms with Crippen molar-refractivity contribution in [2.75, 3.05) is 39.3 Å². The Hall–Kier alpha value is -3.25. The Balaban J connectivity index is 1.06. The number of aliphatic hydroxyl groups is 1. The van der Waals surface area contributed by atoms with Gasteiger partial charge in [0.2, 0.25) is 5.88 Å². The van der Waals surface area contributed by atoms with E-state index in [-0.39, 0.29) is 6.61 Å². The van der Waals surface area contributed by atoms with Gasteiger partial charge in [0.15, 0.2) is 0 Å². The van der Waals surface area contributed by atoms with Gasteiger partial charge in [0.25, 0.3) is 0 Å². The lowest BCUT2D eigenvalue weighted by molar-refractivity contribution is 0.0389. The van der Waals surface area contributed by atoms with Gasteiger partial charge >= 0.3 is 0 Å². The van der Waals surface area contributed by atoms with E-state index in [1.165, 1.54) is 22.3 Å². The lowest BCUT2D eigenvalue weighted by Crippen LogP contribution is -2.50. The van der Waals surface area contributed by atoms with Crippen molar-refractivity contribution < 1.29 is 9.84 Å². The number of fused-ring (bicyclic) bond motifs is 3. The van der Waals surface area contributed by atoms with Crippen molar-refractivity contribution in [3.63, 3.8) is 0 Å². The average molecular weight is 466 g/mol. The van der Waals surface area contributed by atoms with Crippen LogP contribution in [0.4, 0.5) is 0 Å². The van der Waals surface area contributed by atoms with Gasteiger partial charge in [0, 0.05) is 44.2 Å². The molecule has 0 bridgehead atoms. The van der Waals surface area contributed by atoms with E-state index >= 15 is 0 Å². The van der Waals surface area contributed by atoms with Crippen LogP contribution in [0.25, 0.3) is 10.9 Å². The van der Waals surface area contributed by atoms with Gasteiger partial charge in [-0.15, -0.1) is 0 Å². The standard InChI is InChI=1S/C30H31N3O2/c34-25(21-35-29-14-13-22-7-3-6-12-28(22)31-29)20-32-15-17-33(18-16-32)30-26-10-4-1-8-23(26)19-24-9-2-5-11-27(24)30/h1-14,25,30,34H,15-21H2. The molecule has 1 unspecified atom stereocenters. The third-order valence-electron chi connectivity index (χ3n) is 7.32. The minimum atomic E-state index is -0.550. The molecule has 5 nitrogen and oxygen atoms in total. The number of rotatable bonds is 6. The molecule has 178 valence electrons. The maximum Gasteiger partial charge on any atom is 0.213 e. The van der Waals surface area contributed by atoms with Gasteiger partial charge in [-0.1, -0.05) is 66.7 Å². The number of benzene rings is 3. The number of nitrogens with zero attached hydrogens (tertiary/aromatic N) is 3. The van der Waals surface area contributed by atoms with Crippen LogP contribution in [0.5, 0.6) is 5.88 Å². The number of piperazine rings is 1. The summed E-state index contributed by atoms with van der Waals surface area (Å²) < 4.78 is 5.81. The van der Waals surface area contributed by atoms with Crippen molar-refractivity contribution in [3.8, 4) is 5.88 Å². The van der Waals surface area contributed by atoms with Gasteiger partial charge < -0.3 is 9.84 Å². The molecule has 4 aromatic rings. The van der Waals surface area contributed by atoms with Crippen LogP contribution in [-0.4, -0.2) is 65.3 Å². The maximum absolute atomic E-state index is 10.6. The lowest BCUT2D eigenvalue weighted by atomic mass is 9.81. The van der Waals surface area contributed by atoms with Gasteiger partial charge in [-0.05, 0) is 40.8 Å². The summed E-state index contributed by atoms with van der Waals surface area (Å²) >= 11 is 0. The number of para-hydroxylation sites is 1. The fourth-order valence-corrected chi connectivity index (χ4v) is 5.55. The van der Waals surface area contributed by atoms with E-state index in [1.807, 2.05) is 36.4 Å². The van der Waals surface area contributed by atoms with Crippen LogP contribution in [-0.2, 0) is 6.42 Å². The van der Waals surface area contributed by atoms with E-state index in [1.54, 1.807) is 0 Å². The summed E-state index contributed by atoms with van der Waals surface area (Å²) in [5, 5.41) is 11.7. The first-order valence-corrected chi connectivity index (χ1v) is 12.5. The van der Waals surface area contributed by atoms with Gasteiger partial charge in [-0.3, -0.25) is 9.80 Å². The van der Waals surface area contributed by atoms with Crippen molar-refractivity contribution in [2.45, 2.75) is 18.6 Å². The maximum atomic E-state index is 10.6. The molecular weight excluding hydrogens is 434 g/mol. The van der Waals surface area contributed by atoms with Crippen molar-refractivity contribution >= 4 is 10.9 Å². The van der Waals surface area contributed by atoms with Crippen LogP contribution in [0.2, 0.25) is 0 Å². The molecule has 2 aliphatic rings. The SMILES string of the molecule is OC(COc1ccc2ccccc2n1)CN1CCN(C2c3ccccc3Cc3ccccc32)CC1. The van der Waals surface area contributed by atoms with Gasteiger partial charge in [-0.25, -0.2) is 4.98 Å². The second-order valence-electron chi connectivity index (χ2n) is 9.62. The third-order valence-corrected chi connectivity index (χ3v) is 7.32. The Bertz CT molecular complexity index is 1270. The van der Waals surface area contributed by atoms with E-state index in [0.717, 1.165) is 43.5 Å². The van der Waals surface area contributed by atoms with E-state index in [0.29, 0.717) is 18.5 Å². The number of hydrogen-bond acceptors (Lipinski definition) is 5. The van der Waals surface area contributed by atoms with E-state index < -0.39 is 6.10 Å². The monoisotopic (exact) mass is 465 g/mol. The van der Waals surface area contributed by atoms with Crippen LogP contribution in [0.1, 0.15) is 28.3 Å². The van der Waals surface area contributed by atoms with E-state index in [9.17, 15) is 5.11 Å². The van der Waals surface area contributed by atoms with Gasteiger partial charge in [0.1, 0.15) is 12.7 Å². The third kappa shape index (κ3) is 4.67. The van der Waals surface area contributed by atoms with Gasteiger partial charge in [0.05, 0.1) is 11.6 Å². The topological polar surface area (TPSA) is 48.8 Å². The Labute approximate surface area is 206 Å². The highest BCUT2D eigenvalue weighted by molar-refractivity contribution is 5.78. The Morgan fingerprint density at radius 2 is 1.46 bits per heavy atom. The summed E-state index contributed by atoms with van der Waals surface area (Å²) in [5.74, 6) is 0.558. The van der Waals surface area contributed by atoms with Crippen LogP contribution < -0.4 is 4.74 Å². The molecule has 35 heavy (non-hydrogen) atoms. The summed E-state index contributed by atoms with van der Waals surface area (Å²) in [7, 11) is 0. The zero-order valence-corrected chi connectivity index (χ0v) is 19.9. The Morgan fingerprint density at radius 1 is 0.800 bits per heavy atom. The molecule has 1 aliphatic heterocycles. The van der Waals surface area contributed by atoms with Crippen LogP contribution >= 0.6 is 0 Å². The number of hydrogen-bond donors (Lipinski definition) is 1. The van der Waals surface area contributed by atoms with Crippen LogP contribution in [0.3, 0.4) is 0 Å². The number of aliphatic hydroxyl groups excluding tert-OH is 1. The molecule has 1 aromatic heterocycles. The number of pyridine rings is 1. The minimum Gasteiger partial charge on any atom is -0.475 e. The number of aromatic nitrogens is 1. The number of ether oxygens (including phenoxy) is 1. The molecule has 3 aromatic carbocycles. The molecule has 1 atom stereocenters. The second kappa shape index (κ2) is 9.78. The first-order chi connectivity index (χ1) is 17.2. The summed E-state index contributed by atoms with van der Waals surface area (Å²) in [6.07, 6.45) is 0.465. The molecule has 0 amide bonds. The Morgan fingerprint density at radius 3 is 2.20 bits per heavy atom. The molecule has 1 saturated heterocycles. The smallest absolute Gasteiger partial charge is 0.213 e. The predicted octanol–water partition coefficient (Wildman–Crippen LogP) is 4.29. The molecular formula is C30H31N3O2. The fourth-order valence-electron chi connectivity index (χ4n) is 5.55. The van der Waals surface area contributed by atoms with Crippen LogP contribution in [0, 0.1) is 0 Å². The predicted molar refractivity (Wildman–Crippen MR) is 139 cm³/mol. The van der Waals surface area contributed by atoms with Gasteiger partial charge in [-0.2, -0.15) is 0 Å². The molecule has 1 fully saturated rings. The summed E-state index contributed by atoms with van der Waals surface area (Å²) in [5.41, 5.74) is 6.66. The second-order valence-corrected chi connectivity index (χ2v) is 9.62. The zero-order chi connectivity index (χ0) is 23.6. The molecule has 2 heterocycles. The summed E-state index contributed by atoms with van der Waals surface area (Å²) in [6.45, 7) is 4.69. The van der Waals surface area contributed by atoms with Crippen molar-refractivity contribution in [3.05, 3.63) is 107 Å². The highest BCUT2D eigenvalue weighted by Crippen LogP contribution is 2.39. The summed E-state index contributed by atoms with van der Waals surface area (Å²) in [6, 6.07) is 29.9. The van der Waals surface area contributed by atoms with Crippen molar-refractivity contribution in [1.29, 1.82) is 0 Å². The van der Waals surface area contributed by atoms with E-state index in [2.05, 4.69) is 63.3 Å². The molecule has 0 spiro atoms. The molecule has 5 heteroatoms. The molecule has 1 aliphatic carbocycles. The van der Waals surface area contributed by atoms with Crippen LogP contribution in [0.15, 0.2) is 84.9 Å². The summed E-state index contributed by atoms with van der Waals surface area (Å²) in [4.78, 5) is 9.49. The molecule has 0 saturated carbocycles. The minimum absolute atomic E-state index is 0.245. The largest absolute Gasteiger partial charge is 0.475 e. The highest BCUT2D eigenvalue weighted by Gasteiger charge is 2.32. The average Bonchev–Trinajstić information content (AvgIpc) is 2.91. The van der Waals surface area contributed by atoms with E-state index in [4.69, 9.17) is 4.74 Å². The zero-order valence-electron chi connectivity index (χ0n) is 19.9. The number of β-amino-alcohol motifs (C(OH)–C–C–N with tert-alkyl or cyclic N) is 1. The normalized spacial score (nSPS) is 17.6. The van der Waals surface area contributed by atoms with Crippen molar-refractivity contribution in [2.24, 2.45) is 0 Å². The first-order valence-electron chi connectivity index (χ1n) is 12.5. The lowest BCUT2D eigenvalue weighted by Gasteiger charge is -2.42. The first kappa shape index (κ1) is 22.2. The quantitative estimate of drug-likeness (QED) is 0.461. The molecule has 6 rings (SSSR count). The Kier molecular flexibility index (Phi) is 6.21. The highest BCUT2D eigenvalue weighted by atomic mass is 16.5. The fraction of sp³-hybridized carbons (Fsp3) is 0.300. The molecule has 0 radical (unpaired) electrons. The molecule has 1 N–H and O–H groups in total.